The highest BCUT2D eigenvalue weighted by molar-refractivity contribution is 5.50. The van der Waals surface area contributed by atoms with Gasteiger partial charge >= 0.3 is 0 Å². The highest BCUT2D eigenvalue weighted by Crippen LogP contribution is 2.24. The van der Waals surface area contributed by atoms with Crippen molar-refractivity contribution in [3.05, 3.63) is 24.3 Å². The zero-order chi connectivity index (χ0) is 13.9. The normalized spacial score (nSPS) is 21.8. The molecule has 1 aromatic rings. The van der Waals surface area contributed by atoms with Gasteiger partial charge in [0.1, 0.15) is 5.75 Å². The van der Waals surface area contributed by atoms with E-state index in [-0.39, 0.29) is 11.6 Å². The summed E-state index contributed by atoms with van der Waals surface area (Å²) in [4.78, 5) is 2.33. The average Bonchev–Trinajstić information content (AvgIpc) is 2.37. The fraction of sp³-hybridized carbons (Fsp3) is 0.533. The first-order chi connectivity index (χ1) is 9.04. The summed E-state index contributed by atoms with van der Waals surface area (Å²) in [6, 6.07) is 10.6. The molecule has 2 rings (SSSR count). The predicted octanol–water partition coefficient (Wildman–Crippen LogP) is 2.17. The molecule has 0 radical (unpaired) electrons. The maximum atomic E-state index is 8.89. The van der Waals surface area contributed by atoms with Gasteiger partial charge in [0.25, 0.3) is 0 Å². The van der Waals surface area contributed by atoms with E-state index in [1.165, 1.54) is 5.69 Å². The Morgan fingerprint density at radius 3 is 2.68 bits per heavy atom. The predicted molar refractivity (Wildman–Crippen MR) is 76.4 cm³/mol. The van der Waals surface area contributed by atoms with Crippen molar-refractivity contribution in [1.29, 1.82) is 5.26 Å². The summed E-state index contributed by atoms with van der Waals surface area (Å²) >= 11 is 0. The first-order valence-corrected chi connectivity index (χ1v) is 6.58. The molecule has 1 aromatic carbocycles. The number of methoxy groups -OCH3 is 1. The van der Waals surface area contributed by atoms with Crippen molar-refractivity contribution in [2.45, 2.75) is 31.8 Å². The summed E-state index contributed by atoms with van der Waals surface area (Å²) in [6.07, 6.45) is 0.538. The summed E-state index contributed by atoms with van der Waals surface area (Å²) in [5.41, 5.74) is 1.19. The zero-order valence-corrected chi connectivity index (χ0v) is 11.8. The lowest BCUT2D eigenvalue weighted by atomic mass is 9.97. The van der Waals surface area contributed by atoms with Crippen LogP contribution < -0.4 is 15.0 Å². The molecule has 1 saturated heterocycles. The van der Waals surface area contributed by atoms with E-state index in [0.29, 0.717) is 6.42 Å². The maximum Gasteiger partial charge on any atom is 0.119 e. The average molecular weight is 259 g/mol. The van der Waals surface area contributed by atoms with Gasteiger partial charge in [-0.15, -0.1) is 0 Å². The maximum absolute atomic E-state index is 8.89. The highest BCUT2D eigenvalue weighted by atomic mass is 16.5. The molecule has 0 spiro atoms. The second kappa shape index (κ2) is 5.50. The monoisotopic (exact) mass is 259 g/mol. The molecule has 0 amide bonds. The second-order valence-electron chi connectivity index (χ2n) is 5.67. The van der Waals surface area contributed by atoms with E-state index < -0.39 is 0 Å². The van der Waals surface area contributed by atoms with E-state index in [9.17, 15) is 0 Å². The fourth-order valence-electron chi connectivity index (χ4n) is 2.67. The molecular formula is C15H21N3O. The van der Waals surface area contributed by atoms with Crippen LogP contribution in [0, 0.1) is 11.3 Å². The van der Waals surface area contributed by atoms with Crippen molar-refractivity contribution in [1.82, 2.24) is 5.32 Å². The van der Waals surface area contributed by atoms with Gasteiger partial charge in [-0.25, -0.2) is 0 Å². The van der Waals surface area contributed by atoms with E-state index in [1.807, 2.05) is 12.1 Å². The van der Waals surface area contributed by atoms with Gasteiger partial charge in [-0.1, -0.05) is 0 Å². The first-order valence-electron chi connectivity index (χ1n) is 6.58. The summed E-state index contributed by atoms with van der Waals surface area (Å²) < 4.78 is 5.18. The third-order valence-electron chi connectivity index (χ3n) is 3.40. The van der Waals surface area contributed by atoms with Crippen molar-refractivity contribution in [3.63, 3.8) is 0 Å². The minimum atomic E-state index is 0.0136. The summed E-state index contributed by atoms with van der Waals surface area (Å²) in [5.74, 6) is 0.867. The largest absolute Gasteiger partial charge is 0.497 e. The van der Waals surface area contributed by atoms with E-state index in [4.69, 9.17) is 10.00 Å². The van der Waals surface area contributed by atoms with Crippen LogP contribution in [0.4, 0.5) is 5.69 Å². The standard InChI is InChI=1S/C15H21N3O/c1-15(2)11-18(10-12(17-15)8-9-16)13-4-6-14(19-3)7-5-13/h4-7,12,17H,8,10-11H2,1-3H3. The smallest absolute Gasteiger partial charge is 0.119 e. The molecule has 1 fully saturated rings. The van der Waals surface area contributed by atoms with Crippen LogP contribution in [0.15, 0.2) is 24.3 Å². The van der Waals surface area contributed by atoms with Crippen molar-refractivity contribution in [2.24, 2.45) is 0 Å². The second-order valence-corrected chi connectivity index (χ2v) is 5.67. The summed E-state index contributed by atoms with van der Waals surface area (Å²) in [5, 5.41) is 12.4. The molecule has 1 atom stereocenters. The Bertz CT molecular complexity index is 461. The molecule has 1 heterocycles. The van der Waals surface area contributed by atoms with Crippen LogP contribution in [0.2, 0.25) is 0 Å². The molecule has 1 N–H and O–H groups in total. The molecule has 19 heavy (non-hydrogen) atoms. The third-order valence-corrected chi connectivity index (χ3v) is 3.40. The summed E-state index contributed by atoms with van der Waals surface area (Å²) in [6.45, 7) is 6.14. The molecule has 1 aliphatic rings. The lowest BCUT2D eigenvalue weighted by Gasteiger charge is -2.44. The number of nitrogens with one attached hydrogen (secondary N) is 1. The van der Waals surface area contributed by atoms with Crippen molar-refractivity contribution in [3.8, 4) is 11.8 Å². The molecule has 4 heteroatoms. The number of benzene rings is 1. The van der Waals surface area contributed by atoms with E-state index in [0.717, 1.165) is 18.8 Å². The topological polar surface area (TPSA) is 48.3 Å². The van der Waals surface area contributed by atoms with Crippen LogP contribution in [0.25, 0.3) is 0 Å². The van der Waals surface area contributed by atoms with Gasteiger partial charge < -0.3 is 15.0 Å². The van der Waals surface area contributed by atoms with Crippen molar-refractivity contribution < 1.29 is 4.74 Å². The zero-order valence-electron chi connectivity index (χ0n) is 11.8. The summed E-state index contributed by atoms with van der Waals surface area (Å²) in [7, 11) is 1.67. The first kappa shape index (κ1) is 13.7. The van der Waals surface area contributed by atoms with Crippen LogP contribution in [0.1, 0.15) is 20.3 Å². The molecule has 0 aliphatic carbocycles. The number of piperazine rings is 1. The van der Waals surface area contributed by atoms with E-state index in [1.54, 1.807) is 7.11 Å². The molecule has 0 saturated carbocycles. The number of ether oxygens (including phenoxy) is 1. The Hall–Kier alpha value is -1.73. The van der Waals surface area contributed by atoms with Crippen LogP contribution in [0.3, 0.4) is 0 Å². The quantitative estimate of drug-likeness (QED) is 0.903. The minimum absolute atomic E-state index is 0.0136. The molecule has 1 unspecified atom stereocenters. The molecule has 1 aliphatic heterocycles. The SMILES string of the molecule is COc1ccc(N2CC(CC#N)NC(C)(C)C2)cc1. The number of nitriles is 1. The van der Waals surface area contributed by atoms with Gasteiger partial charge in [-0.2, -0.15) is 5.26 Å². The van der Waals surface area contributed by atoms with Crippen LogP contribution in [-0.4, -0.2) is 31.8 Å². The molecule has 0 aromatic heterocycles. The van der Waals surface area contributed by atoms with E-state index >= 15 is 0 Å². The van der Waals surface area contributed by atoms with Gasteiger partial charge in [0.2, 0.25) is 0 Å². The Morgan fingerprint density at radius 1 is 1.42 bits per heavy atom. The van der Waals surface area contributed by atoms with Gasteiger partial charge in [0.05, 0.1) is 19.6 Å². The highest BCUT2D eigenvalue weighted by Gasteiger charge is 2.31. The molecular weight excluding hydrogens is 238 g/mol. The molecule has 0 bridgehead atoms. The molecule has 4 nitrogen and oxygen atoms in total. The Kier molecular flexibility index (Phi) is 3.96. The lowest BCUT2D eigenvalue weighted by molar-refractivity contribution is 0.291. The van der Waals surface area contributed by atoms with Crippen LogP contribution in [0.5, 0.6) is 5.75 Å². The van der Waals surface area contributed by atoms with Gasteiger partial charge in [0.15, 0.2) is 0 Å². The number of hydrogen-bond donors (Lipinski definition) is 1. The fourth-order valence-corrected chi connectivity index (χ4v) is 2.67. The minimum Gasteiger partial charge on any atom is -0.497 e. The van der Waals surface area contributed by atoms with Gasteiger partial charge in [0, 0.05) is 30.4 Å². The number of rotatable bonds is 3. The van der Waals surface area contributed by atoms with Crippen molar-refractivity contribution >= 4 is 5.69 Å². The molecule has 102 valence electrons. The van der Waals surface area contributed by atoms with E-state index in [2.05, 4.69) is 42.3 Å². The van der Waals surface area contributed by atoms with Gasteiger partial charge in [-0.3, -0.25) is 0 Å². The Morgan fingerprint density at radius 2 is 2.11 bits per heavy atom. The van der Waals surface area contributed by atoms with Crippen LogP contribution in [-0.2, 0) is 0 Å². The van der Waals surface area contributed by atoms with Gasteiger partial charge in [-0.05, 0) is 38.1 Å². The third kappa shape index (κ3) is 3.39. The number of nitrogens with zero attached hydrogens (tertiary/aromatic N) is 2. The van der Waals surface area contributed by atoms with Crippen molar-refractivity contribution in [2.75, 3.05) is 25.1 Å². The Labute approximate surface area is 115 Å². The Balaban J connectivity index is 2.15. The van der Waals surface area contributed by atoms with Crippen LogP contribution >= 0.6 is 0 Å². The lowest BCUT2D eigenvalue weighted by Crippen LogP contribution is -2.62. The number of hydrogen-bond acceptors (Lipinski definition) is 4. The number of anilines is 1.